The smallest absolute Gasteiger partial charge is 0.230 e. The van der Waals surface area contributed by atoms with Gasteiger partial charge in [0.15, 0.2) is 5.16 Å². The van der Waals surface area contributed by atoms with E-state index < -0.39 is 0 Å². The molecule has 3 rings (SSSR count). The number of unbranched alkanes of at least 4 members (excludes halogenated alkanes) is 1. The number of nitrogens with one attached hydrogen (secondary N) is 1. The molecule has 2 aromatic carbocycles. The van der Waals surface area contributed by atoms with Gasteiger partial charge in [0.25, 0.3) is 0 Å². The van der Waals surface area contributed by atoms with E-state index in [4.69, 9.17) is 0 Å². The van der Waals surface area contributed by atoms with Gasteiger partial charge in [-0.3, -0.25) is 9.36 Å². The zero-order chi connectivity index (χ0) is 20.6. The number of thioether (sulfide) groups is 1. The molecule has 0 radical (unpaired) electrons. The average molecular weight is 409 g/mol. The molecule has 6 heteroatoms. The number of nitrogens with zero attached hydrogens (tertiary/aromatic N) is 3. The van der Waals surface area contributed by atoms with E-state index in [-0.39, 0.29) is 5.91 Å². The van der Waals surface area contributed by atoms with E-state index in [1.807, 2.05) is 18.2 Å². The lowest BCUT2D eigenvalue weighted by Gasteiger charge is -2.12. The number of aryl methyl sites for hydroxylation is 2. The molecule has 0 bridgehead atoms. The number of benzene rings is 2. The lowest BCUT2D eigenvalue weighted by Crippen LogP contribution is -2.26. The third-order valence-corrected chi connectivity index (χ3v) is 5.77. The quantitative estimate of drug-likeness (QED) is 0.419. The van der Waals surface area contributed by atoms with Crippen molar-refractivity contribution in [2.75, 3.05) is 12.3 Å². The van der Waals surface area contributed by atoms with Crippen LogP contribution in [0.15, 0.2) is 53.7 Å². The van der Waals surface area contributed by atoms with Gasteiger partial charge < -0.3 is 5.32 Å². The summed E-state index contributed by atoms with van der Waals surface area (Å²) in [7, 11) is 0. The van der Waals surface area contributed by atoms with Gasteiger partial charge in [0.2, 0.25) is 5.91 Å². The second kappa shape index (κ2) is 10.3. The summed E-state index contributed by atoms with van der Waals surface area (Å²) in [5, 5.41) is 12.6. The van der Waals surface area contributed by atoms with Crippen LogP contribution >= 0.6 is 11.8 Å². The van der Waals surface area contributed by atoms with Crippen LogP contribution in [-0.4, -0.2) is 33.0 Å². The van der Waals surface area contributed by atoms with Crippen molar-refractivity contribution in [1.82, 2.24) is 20.1 Å². The molecule has 1 heterocycles. The minimum Gasteiger partial charge on any atom is -0.355 e. The highest BCUT2D eigenvalue weighted by molar-refractivity contribution is 7.99. The molecular weight excluding hydrogens is 380 g/mol. The predicted molar refractivity (Wildman–Crippen MR) is 119 cm³/mol. The fourth-order valence-corrected chi connectivity index (χ4v) is 3.80. The third-order valence-electron chi connectivity index (χ3n) is 4.84. The van der Waals surface area contributed by atoms with Gasteiger partial charge in [0.1, 0.15) is 5.82 Å². The zero-order valence-electron chi connectivity index (χ0n) is 17.3. The van der Waals surface area contributed by atoms with Crippen LogP contribution in [0.4, 0.5) is 0 Å². The molecule has 1 amide bonds. The summed E-state index contributed by atoms with van der Waals surface area (Å²) in [6.07, 6.45) is 2.75. The van der Waals surface area contributed by atoms with Crippen molar-refractivity contribution >= 4 is 17.7 Å². The highest BCUT2D eigenvalue weighted by Gasteiger charge is 2.16. The van der Waals surface area contributed by atoms with Gasteiger partial charge in [0, 0.05) is 18.7 Å². The van der Waals surface area contributed by atoms with Crippen molar-refractivity contribution in [2.24, 2.45) is 0 Å². The molecule has 3 aromatic rings. The SMILES string of the molecule is CCCCNC(=O)CSc1nnc(Cc2ccccc2)n1-c1ccc(C)c(C)c1. The summed E-state index contributed by atoms with van der Waals surface area (Å²) < 4.78 is 2.07. The van der Waals surface area contributed by atoms with E-state index in [1.165, 1.54) is 28.5 Å². The number of hydrogen-bond donors (Lipinski definition) is 1. The molecule has 29 heavy (non-hydrogen) atoms. The van der Waals surface area contributed by atoms with Crippen LogP contribution in [0, 0.1) is 13.8 Å². The Hall–Kier alpha value is -2.60. The maximum atomic E-state index is 12.1. The molecular formula is C23H28N4OS. The number of rotatable bonds is 9. The first-order valence-electron chi connectivity index (χ1n) is 10.0. The minimum absolute atomic E-state index is 0.0303. The largest absolute Gasteiger partial charge is 0.355 e. The Morgan fingerprint density at radius 1 is 1.07 bits per heavy atom. The molecule has 0 aliphatic carbocycles. The molecule has 0 fully saturated rings. The van der Waals surface area contributed by atoms with E-state index in [0.29, 0.717) is 12.2 Å². The van der Waals surface area contributed by atoms with Crippen LogP contribution in [0.5, 0.6) is 0 Å². The van der Waals surface area contributed by atoms with Crippen LogP contribution in [-0.2, 0) is 11.2 Å². The maximum absolute atomic E-state index is 12.1. The average Bonchev–Trinajstić information content (AvgIpc) is 3.12. The van der Waals surface area contributed by atoms with Crippen LogP contribution in [0.2, 0.25) is 0 Å². The van der Waals surface area contributed by atoms with E-state index in [9.17, 15) is 4.79 Å². The standard InChI is InChI=1S/C23H28N4OS/c1-4-5-13-24-22(28)16-29-23-26-25-21(15-19-9-7-6-8-10-19)27(23)20-12-11-17(2)18(3)14-20/h6-12,14H,4-5,13,15-16H2,1-3H3,(H,24,28). The van der Waals surface area contributed by atoms with Gasteiger partial charge >= 0.3 is 0 Å². The van der Waals surface area contributed by atoms with E-state index in [0.717, 1.165) is 36.1 Å². The summed E-state index contributed by atoms with van der Waals surface area (Å²) in [5.41, 5.74) is 4.67. The molecule has 1 aromatic heterocycles. The van der Waals surface area contributed by atoms with Crippen molar-refractivity contribution in [3.63, 3.8) is 0 Å². The number of aromatic nitrogens is 3. The van der Waals surface area contributed by atoms with Gasteiger partial charge in [-0.2, -0.15) is 0 Å². The van der Waals surface area contributed by atoms with E-state index in [2.05, 4.69) is 71.2 Å². The molecule has 0 unspecified atom stereocenters. The van der Waals surface area contributed by atoms with Crippen LogP contribution < -0.4 is 5.32 Å². The molecule has 0 aliphatic heterocycles. The predicted octanol–water partition coefficient (Wildman–Crippen LogP) is 4.48. The lowest BCUT2D eigenvalue weighted by atomic mass is 10.1. The first kappa shape index (κ1) is 21.1. The number of carbonyl (C=O) groups is 1. The second-order valence-electron chi connectivity index (χ2n) is 7.16. The summed E-state index contributed by atoms with van der Waals surface area (Å²) in [4.78, 5) is 12.1. The summed E-state index contributed by atoms with van der Waals surface area (Å²) in [6.45, 7) is 7.04. The normalized spacial score (nSPS) is 10.9. The maximum Gasteiger partial charge on any atom is 0.230 e. The fraction of sp³-hybridized carbons (Fsp3) is 0.348. The van der Waals surface area contributed by atoms with Crippen molar-refractivity contribution in [2.45, 2.75) is 45.2 Å². The summed E-state index contributed by atoms with van der Waals surface area (Å²) >= 11 is 1.43. The Morgan fingerprint density at radius 2 is 1.86 bits per heavy atom. The van der Waals surface area contributed by atoms with Gasteiger partial charge in [-0.25, -0.2) is 0 Å². The van der Waals surface area contributed by atoms with Crippen LogP contribution in [0.25, 0.3) is 5.69 Å². The molecule has 1 N–H and O–H groups in total. The summed E-state index contributed by atoms with van der Waals surface area (Å²) in [5.74, 6) is 1.23. The minimum atomic E-state index is 0.0303. The first-order chi connectivity index (χ1) is 14.1. The fourth-order valence-electron chi connectivity index (χ4n) is 3.00. The Balaban J connectivity index is 1.85. The number of amides is 1. The van der Waals surface area contributed by atoms with E-state index >= 15 is 0 Å². The molecule has 0 aliphatic rings. The van der Waals surface area contributed by atoms with Gasteiger partial charge in [-0.15, -0.1) is 10.2 Å². The molecule has 152 valence electrons. The molecule has 0 atom stereocenters. The monoisotopic (exact) mass is 408 g/mol. The molecule has 0 spiro atoms. The Labute approximate surface area is 176 Å². The van der Waals surface area contributed by atoms with E-state index in [1.54, 1.807) is 0 Å². The van der Waals surface area contributed by atoms with Crippen molar-refractivity contribution in [1.29, 1.82) is 0 Å². The van der Waals surface area contributed by atoms with Gasteiger partial charge in [-0.05, 0) is 49.1 Å². The highest BCUT2D eigenvalue weighted by Crippen LogP contribution is 2.25. The topological polar surface area (TPSA) is 59.8 Å². The number of carbonyl (C=O) groups excluding carboxylic acids is 1. The second-order valence-corrected chi connectivity index (χ2v) is 8.10. The molecule has 0 saturated carbocycles. The molecule has 0 saturated heterocycles. The Morgan fingerprint density at radius 3 is 2.59 bits per heavy atom. The van der Waals surface area contributed by atoms with Crippen molar-refractivity contribution < 1.29 is 4.79 Å². The van der Waals surface area contributed by atoms with Gasteiger partial charge in [-0.1, -0.05) is 61.5 Å². The third kappa shape index (κ3) is 5.70. The van der Waals surface area contributed by atoms with Crippen molar-refractivity contribution in [3.05, 3.63) is 71.0 Å². The number of hydrogen-bond acceptors (Lipinski definition) is 4. The van der Waals surface area contributed by atoms with Crippen LogP contribution in [0.3, 0.4) is 0 Å². The Kier molecular flexibility index (Phi) is 7.47. The van der Waals surface area contributed by atoms with Crippen LogP contribution in [0.1, 0.15) is 42.3 Å². The first-order valence-corrected chi connectivity index (χ1v) is 11.0. The summed E-state index contributed by atoms with van der Waals surface area (Å²) in [6, 6.07) is 16.6. The van der Waals surface area contributed by atoms with Crippen molar-refractivity contribution in [3.8, 4) is 5.69 Å². The zero-order valence-corrected chi connectivity index (χ0v) is 18.1. The Bertz CT molecular complexity index is 953. The van der Waals surface area contributed by atoms with Gasteiger partial charge in [0.05, 0.1) is 5.75 Å². The highest BCUT2D eigenvalue weighted by atomic mass is 32.2. The molecule has 5 nitrogen and oxygen atoms in total. The lowest BCUT2D eigenvalue weighted by molar-refractivity contribution is -0.118.